The van der Waals surface area contributed by atoms with E-state index >= 15 is 0 Å². The van der Waals surface area contributed by atoms with Gasteiger partial charge in [0.1, 0.15) is 5.75 Å². The van der Waals surface area contributed by atoms with Crippen molar-refractivity contribution in [1.82, 2.24) is 4.98 Å². The fourth-order valence-electron chi connectivity index (χ4n) is 1.93. The van der Waals surface area contributed by atoms with Crippen molar-refractivity contribution in [3.8, 4) is 5.75 Å². The van der Waals surface area contributed by atoms with E-state index in [0.29, 0.717) is 5.69 Å². The van der Waals surface area contributed by atoms with Gasteiger partial charge in [0.25, 0.3) is 0 Å². The van der Waals surface area contributed by atoms with Crippen molar-refractivity contribution in [3.05, 3.63) is 54.4 Å². The Kier molecular flexibility index (Phi) is 5.05. The van der Waals surface area contributed by atoms with Crippen molar-refractivity contribution in [1.29, 1.82) is 0 Å². The zero-order valence-corrected chi connectivity index (χ0v) is 12.0. The smallest absolute Gasteiger partial charge is 0.467 e. The van der Waals surface area contributed by atoms with Gasteiger partial charge in [0.15, 0.2) is 6.04 Å². The average molecular weight is 326 g/mol. The summed E-state index contributed by atoms with van der Waals surface area (Å²) < 4.78 is 46.2. The highest BCUT2D eigenvalue weighted by Gasteiger charge is 2.34. The minimum Gasteiger partial charge on any atom is -0.467 e. The number of carbonyl (C=O) groups is 1. The fraction of sp³-hybridized carbons (Fsp3) is 0.200. The number of para-hydroxylation sites is 1. The van der Waals surface area contributed by atoms with Crippen molar-refractivity contribution in [2.24, 2.45) is 0 Å². The van der Waals surface area contributed by atoms with Gasteiger partial charge in [0, 0.05) is 18.0 Å². The SMILES string of the molecule is COC(=O)C(Nc1cccnc1)c1ccccc1OC(F)(F)F. The number of nitrogens with zero attached hydrogens (tertiary/aromatic N) is 1. The zero-order valence-electron chi connectivity index (χ0n) is 12.0. The number of ether oxygens (including phenoxy) is 2. The molecule has 1 N–H and O–H groups in total. The summed E-state index contributed by atoms with van der Waals surface area (Å²) in [6.45, 7) is 0. The average Bonchev–Trinajstić information content (AvgIpc) is 2.52. The molecule has 0 aliphatic carbocycles. The number of benzene rings is 1. The minimum atomic E-state index is -4.87. The second-order valence-corrected chi connectivity index (χ2v) is 4.43. The molecule has 1 heterocycles. The number of anilines is 1. The number of methoxy groups -OCH3 is 1. The van der Waals surface area contributed by atoms with E-state index in [1.165, 1.54) is 30.6 Å². The molecule has 1 atom stereocenters. The van der Waals surface area contributed by atoms with Crippen LogP contribution in [0.25, 0.3) is 0 Å². The van der Waals surface area contributed by atoms with Crippen LogP contribution in [0.4, 0.5) is 18.9 Å². The topological polar surface area (TPSA) is 60.5 Å². The van der Waals surface area contributed by atoms with E-state index in [0.717, 1.165) is 13.2 Å². The Bertz CT molecular complexity index is 663. The van der Waals surface area contributed by atoms with Gasteiger partial charge in [0.05, 0.1) is 12.8 Å². The molecule has 0 aliphatic rings. The molecular weight excluding hydrogens is 313 g/mol. The second kappa shape index (κ2) is 6.99. The van der Waals surface area contributed by atoms with Crippen LogP contribution in [0, 0.1) is 0 Å². The standard InChI is InChI=1S/C15H13F3N2O3/c1-22-14(21)13(20-10-5-4-8-19-9-10)11-6-2-3-7-12(11)23-15(16,17)18/h2-9,13,20H,1H3. The number of carbonyl (C=O) groups excluding carboxylic acids is 1. The molecule has 1 aromatic carbocycles. The number of rotatable bonds is 5. The van der Waals surface area contributed by atoms with Crippen molar-refractivity contribution in [2.75, 3.05) is 12.4 Å². The zero-order chi connectivity index (χ0) is 16.9. The first kappa shape index (κ1) is 16.6. The molecule has 5 nitrogen and oxygen atoms in total. The summed E-state index contributed by atoms with van der Waals surface area (Å²) in [5, 5.41) is 2.79. The van der Waals surface area contributed by atoms with Gasteiger partial charge < -0.3 is 14.8 Å². The molecule has 0 radical (unpaired) electrons. The molecule has 23 heavy (non-hydrogen) atoms. The summed E-state index contributed by atoms with van der Waals surface area (Å²) in [5.74, 6) is -1.24. The first-order valence-electron chi connectivity index (χ1n) is 6.50. The highest BCUT2D eigenvalue weighted by Crippen LogP contribution is 2.32. The maximum Gasteiger partial charge on any atom is 0.573 e. The lowest BCUT2D eigenvalue weighted by atomic mass is 10.1. The van der Waals surface area contributed by atoms with Crippen molar-refractivity contribution in [3.63, 3.8) is 0 Å². The summed E-state index contributed by atoms with van der Waals surface area (Å²) in [6, 6.07) is 7.42. The van der Waals surface area contributed by atoms with Crippen LogP contribution >= 0.6 is 0 Å². The number of esters is 1. The third-order valence-electron chi connectivity index (χ3n) is 2.87. The van der Waals surface area contributed by atoms with Crippen LogP contribution in [0.5, 0.6) is 5.75 Å². The molecule has 2 aromatic rings. The molecule has 0 bridgehead atoms. The van der Waals surface area contributed by atoms with E-state index in [2.05, 4.69) is 19.8 Å². The van der Waals surface area contributed by atoms with Crippen molar-refractivity contribution < 1.29 is 27.4 Å². The normalized spacial score (nSPS) is 12.3. The maximum absolute atomic E-state index is 12.5. The highest BCUT2D eigenvalue weighted by molar-refractivity contribution is 5.82. The Balaban J connectivity index is 2.38. The predicted octanol–water partition coefficient (Wildman–Crippen LogP) is 3.31. The summed E-state index contributed by atoms with van der Waals surface area (Å²) in [7, 11) is 1.15. The number of hydrogen-bond donors (Lipinski definition) is 1. The molecule has 0 fully saturated rings. The van der Waals surface area contributed by atoms with Gasteiger partial charge in [-0.2, -0.15) is 0 Å². The van der Waals surface area contributed by atoms with Crippen molar-refractivity contribution >= 4 is 11.7 Å². The Hall–Kier alpha value is -2.77. The highest BCUT2D eigenvalue weighted by atomic mass is 19.4. The molecule has 122 valence electrons. The summed E-state index contributed by atoms with van der Waals surface area (Å²) in [4.78, 5) is 15.9. The van der Waals surface area contributed by atoms with Crippen molar-refractivity contribution in [2.45, 2.75) is 12.4 Å². The van der Waals surface area contributed by atoms with E-state index in [9.17, 15) is 18.0 Å². The minimum absolute atomic E-state index is 0.000489. The predicted molar refractivity (Wildman–Crippen MR) is 75.7 cm³/mol. The number of pyridine rings is 1. The molecule has 1 unspecified atom stereocenters. The first-order chi connectivity index (χ1) is 10.9. The molecule has 2 rings (SSSR count). The molecule has 0 aliphatic heterocycles. The number of nitrogens with one attached hydrogen (secondary N) is 1. The lowest BCUT2D eigenvalue weighted by molar-refractivity contribution is -0.275. The van der Waals surface area contributed by atoms with Crippen LogP contribution in [0.15, 0.2) is 48.8 Å². The molecule has 0 saturated heterocycles. The lowest BCUT2D eigenvalue weighted by Gasteiger charge is -2.21. The number of hydrogen-bond acceptors (Lipinski definition) is 5. The third kappa shape index (κ3) is 4.60. The van der Waals surface area contributed by atoms with E-state index in [-0.39, 0.29) is 5.56 Å². The van der Waals surface area contributed by atoms with E-state index in [4.69, 9.17) is 0 Å². The molecule has 0 amide bonds. The van der Waals surface area contributed by atoms with Crippen LogP contribution in [0.3, 0.4) is 0 Å². The van der Waals surface area contributed by atoms with Crippen LogP contribution in [0.1, 0.15) is 11.6 Å². The van der Waals surface area contributed by atoms with Crippen LogP contribution in [-0.4, -0.2) is 24.4 Å². The van der Waals surface area contributed by atoms with Gasteiger partial charge in [-0.1, -0.05) is 18.2 Å². The van der Waals surface area contributed by atoms with E-state index in [1.807, 2.05) is 0 Å². The molecular formula is C15H13F3N2O3. The molecule has 0 spiro atoms. The fourth-order valence-corrected chi connectivity index (χ4v) is 1.93. The quantitative estimate of drug-likeness (QED) is 0.854. The first-order valence-corrected chi connectivity index (χ1v) is 6.50. The third-order valence-corrected chi connectivity index (χ3v) is 2.87. The molecule has 1 aromatic heterocycles. The Labute approximate surface area is 130 Å². The number of alkyl halides is 3. The van der Waals surface area contributed by atoms with Crippen LogP contribution in [0.2, 0.25) is 0 Å². The number of aromatic nitrogens is 1. The van der Waals surface area contributed by atoms with Gasteiger partial charge in [-0.3, -0.25) is 4.98 Å². The van der Waals surface area contributed by atoms with Crippen LogP contribution in [-0.2, 0) is 9.53 Å². The molecule has 0 saturated carbocycles. The Morgan fingerprint density at radius 1 is 1.22 bits per heavy atom. The van der Waals surface area contributed by atoms with E-state index < -0.39 is 24.1 Å². The molecule has 8 heteroatoms. The Morgan fingerprint density at radius 3 is 2.57 bits per heavy atom. The van der Waals surface area contributed by atoms with Gasteiger partial charge >= 0.3 is 12.3 Å². The largest absolute Gasteiger partial charge is 0.573 e. The Morgan fingerprint density at radius 2 is 1.96 bits per heavy atom. The van der Waals surface area contributed by atoms with Gasteiger partial charge in [0.2, 0.25) is 0 Å². The summed E-state index contributed by atoms with van der Waals surface area (Å²) >= 11 is 0. The van der Waals surface area contributed by atoms with Gasteiger partial charge in [-0.25, -0.2) is 4.79 Å². The monoisotopic (exact) mass is 326 g/mol. The van der Waals surface area contributed by atoms with Crippen LogP contribution < -0.4 is 10.1 Å². The second-order valence-electron chi connectivity index (χ2n) is 4.43. The van der Waals surface area contributed by atoms with Gasteiger partial charge in [-0.05, 0) is 18.2 Å². The number of halogens is 3. The van der Waals surface area contributed by atoms with E-state index in [1.54, 1.807) is 12.1 Å². The summed E-state index contributed by atoms with van der Waals surface area (Å²) in [6.07, 6.45) is -1.91. The lowest BCUT2D eigenvalue weighted by Crippen LogP contribution is -2.25. The maximum atomic E-state index is 12.5. The summed E-state index contributed by atoms with van der Waals surface area (Å²) in [5.41, 5.74) is 0.449. The van der Waals surface area contributed by atoms with Gasteiger partial charge in [-0.15, -0.1) is 13.2 Å².